The van der Waals surface area contributed by atoms with Crippen molar-refractivity contribution in [1.29, 1.82) is 0 Å². The van der Waals surface area contributed by atoms with E-state index in [9.17, 15) is 0 Å². The first-order valence-electron chi connectivity index (χ1n) is 8.46. The summed E-state index contributed by atoms with van der Waals surface area (Å²) in [5.74, 6) is 0.872. The van der Waals surface area contributed by atoms with E-state index in [0.717, 1.165) is 12.0 Å². The van der Waals surface area contributed by atoms with Crippen molar-refractivity contribution in [2.24, 2.45) is 5.92 Å². The first kappa shape index (κ1) is 12.8. The minimum atomic E-state index is 0.709. The molecule has 1 aromatic rings. The van der Waals surface area contributed by atoms with E-state index in [0.29, 0.717) is 6.04 Å². The van der Waals surface area contributed by atoms with E-state index in [1.807, 2.05) is 0 Å². The molecule has 2 fully saturated rings. The van der Waals surface area contributed by atoms with Gasteiger partial charge in [0.25, 0.3) is 0 Å². The first-order chi connectivity index (χ1) is 9.92. The molecule has 0 amide bonds. The van der Waals surface area contributed by atoms with Gasteiger partial charge >= 0.3 is 0 Å². The summed E-state index contributed by atoms with van der Waals surface area (Å²) in [6.07, 6.45) is 8.27. The Morgan fingerprint density at radius 3 is 2.80 bits per heavy atom. The number of hydrogen-bond acceptors (Lipinski definition) is 2. The smallest absolute Gasteiger partial charge is 0.0357 e. The van der Waals surface area contributed by atoms with Crippen LogP contribution in [-0.2, 0) is 6.42 Å². The second-order valence-electron chi connectivity index (χ2n) is 6.89. The molecular weight excluding hydrogens is 244 g/mol. The molecule has 2 heteroatoms. The van der Waals surface area contributed by atoms with Gasteiger partial charge in [-0.1, -0.05) is 24.3 Å². The molecule has 0 spiro atoms. The summed E-state index contributed by atoms with van der Waals surface area (Å²) in [6.45, 7) is 3.78. The van der Waals surface area contributed by atoms with Crippen LogP contribution in [0.25, 0.3) is 0 Å². The average Bonchev–Trinajstić information content (AvgIpc) is 3.25. The number of fused-ring (bicyclic) bond motifs is 1. The minimum absolute atomic E-state index is 0.709. The summed E-state index contributed by atoms with van der Waals surface area (Å²) >= 11 is 0. The zero-order chi connectivity index (χ0) is 13.4. The highest BCUT2D eigenvalue weighted by Gasteiger charge is 2.38. The molecule has 1 N–H and O–H groups in total. The number of benzene rings is 1. The van der Waals surface area contributed by atoms with Gasteiger partial charge < -0.3 is 5.32 Å². The molecule has 108 valence electrons. The molecule has 0 bridgehead atoms. The lowest BCUT2D eigenvalue weighted by Gasteiger charge is -2.34. The fraction of sp³-hybridized carbons (Fsp3) is 0.667. The Bertz CT molecular complexity index is 460. The van der Waals surface area contributed by atoms with Crippen LogP contribution in [0.4, 0.5) is 0 Å². The largest absolute Gasteiger partial charge is 0.316 e. The van der Waals surface area contributed by atoms with E-state index in [4.69, 9.17) is 0 Å². The second-order valence-corrected chi connectivity index (χ2v) is 6.89. The lowest BCUT2D eigenvalue weighted by molar-refractivity contribution is 0.144. The van der Waals surface area contributed by atoms with Gasteiger partial charge in [-0.3, -0.25) is 4.90 Å². The van der Waals surface area contributed by atoms with Gasteiger partial charge in [-0.2, -0.15) is 0 Å². The van der Waals surface area contributed by atoms with E-state index in [1.165, 1.54) is 58.2 Å². The van der Waals surface area contributed by atoms with E-state index >= 15 is 0 Å². The molecule has 1 saturated carbocycles. The third-order valence-corrected chi connectivity index (χ3v) is 5.39. The van der Waals surface area contributed by atoms with Crippen LogP contribution in [0.5, 0.6) is 0 Å². The number of aryl methyl sites for hydroxylation is 1. The van der Waals surface area contributed by atoms with Gasteiger partial charge in [0.2, 0.25) is 0 Å². The molecule has 1 aromatic carbocycles. The molecule has 2 atom stereocenters. The maximum absolute atomic E-state index is 3.58. The molecule has 1 heterocycles. The Kier molecular flexibility index (Phi) is 3.53. The van der Waals surface area contributed by atoms with Gasteiger partial charge in [0.05, 0.1) is 0 Å². The summed E-state index contributed by atoms with van der Waals surface area (Å²) in [6, 6.07) is 10.7. The SMILES string of the molecule is c1ccc2c(c1)CCC2N(CC1CCCNC1)C1CC1. The zero-order valence-electron chi connectivity index (χ0n) is 12.4. The molecule has 20 heavy (non-hydrogen) atoms. The van der Waals surface area contributed by atoms with Crippen molar-refractivity contribution in [1.82, 2.24) is 10.2 Å². The van der Waals surface area contributed by atoms with Crippen LogP contribution in [-0.4, -0.2) is 30.6 Å². The number of piperidine rings is 1. The quantitative estimate of drug-likeness (QED) is 0.904. The van der Waals surface area contributed by atoms with Crippen LogP contribution in [0, 0.1) is 5.92 Å². The highest BCUT2D eigenvalue weighted by Crippen LogP contribution is 2.42. The summed E-state index contributed by atoms with van der Waals surface area (Å²) in [4.78, 5) is 2.86. The second kappa shape index (κ2) is 5.50. The predicted octanol–water partition coefficient (Wildman–Crippen LogP) is 3.14. The third kappa shape index (κ3) is 2.51. The van der Waals surface area contributed by atoms with Crippen molar-refractivity contribution in [3.63, 3.8) is 0 Å². The van der Waals surface area contributed by atoms with Crippen LogP contribution in [0.2, 0.25) is 0 Å². The summed E-state index contributed by atoms with van der Waals surface area (Å²) in [7, 11) is 0. The Balaban J connectivity index is 1.51. The fourth-order valence-electron chi connectivity index (χ4n) is 4.19. The van der Waals surface area contributed by atoms with Gasteiger partial charge in [0, 0.05) is 18.6 Å². The Labute approximate surface area is 122 Å². The van der Waals surface area contributed by atoms with Gasteiger partial charge in [-0.25, -0.2) is 0 Å². The Morgan fingerprint density at radius 1 is 1.10 bits per heavy atom. The van der Waals surface area contributed by atoms with Crippen LogP contribution in [0.3, 0.4) is 0 Å². The maximum Gasteiger partial charge on any atom is 0.0357 e. The van der Waals surface area contributed by atoms with Crippen molar-refractivity contribution in [3.8, 4) is 0 Å². The molecule has 0 radical (unpaired) electrons. The van der Waals surface area contributed by atoms with Crippen molar-refractivity contribution in [2.45, 2.75) is 50.6 Å². The molecule has 2 unspecified atom stereocenters. The standard InChI is InChI=1S/C18H26N2/c1-2-6-17-15(5-1)7-10-18(17)20(16-8-9-16)13-14-4-3-11-19-12-14/h1-2,5-6,14,16,18-19H,3-4,7-13H2. The van der Waals surface area contributed by atoms with Crippen molar-refractivity contribution < 1.29 is 0 Å². The fourth-order valence-corrected chi connectivity index (χ4v) is 4.19. The molecule has 1 saturated heterocycles. The normalized spacial score (nSPS) is 29.6. The van der Waals surface area contributed by atoms with Gasteiger partial charge in [-0.05, 0) is 68.7 Å². The highest BCUT2D eigenvalue weighted by molar-refractivity contribution is 5.34. The van der Waals surface area contributed by atoms with Gasteiger partial charge in [0.15, 0.2) is 0 Å². The first-order valence-corrected chi connectivity index (χ1v) is 8.46. The Hall–Kier alpha value is -0.860. The number of nitrogens with one attached hydrogen (secondary N) is 1. The van der Waals surface area contributed by atoms with E-state index in [2.05, 4.69) is 34.5 Å². The van der Waals surface area contributed by atoms with E-state index in [1.54, 1.807) is 11.1 Å². The molecule has 4 rings (SSSR count). The molecular formula is C18H26N2. The lowest BCUT2D eigenvalue weighted by atomic mass is 9.97. The van der Waals surface area contributed by atoms with E-state index < -0.39 is 0 Å². The van der Waals surface area contributed by atoms with Crippen molar-refractivity contribution in [3.05, 3.63) is 35.4 Å². The summed E-state index contributed by atoms with van der Waals surface area (Å²) < 4.78 is 0. The lowest BCUT2D eigenvalue weighted by Crippen LogP contribution is -2.40. The van der Waals surface area contributed by atoms with Crippen molar-refractivity contribution >= 4 is 0 Å². The van der Waals surface area contributed by atoms with Gasteiger partial charge in [-0.15, -0.1) is 0 Å². The number of hydrogen-bond donors (Lipinski definition) is 1. The Morgan fingerprint density at radius 2 is 2.00 bits per heavy atom. The van der Waals surface area contributed by atoms with Gasteiger partial charge in [0.1, 0.15) is 0 Å². The topological polar surface area (TPSA) is 15.3 Å². The summed E-state index contributed by atoms with van der Waals surface area (Å²) in [5.41, 5.74) is 3.23. The van der Waals surface area contributed by atoms with Crippen LogP contribution in [0.1, 0.15) is 49.3 Å². The van der Waals surface area contributed by atoms with E-state index in [-0.39, 0.29) is 0 Å². The molecule has 1 aliphatic heterocycles. The molecule has 2 aliphatic carbocycles. The van der Waals surface area contributed by atoms with Crippen molar-refractivity contribution in [2.75, 3.05) is 19.6 Å². The molecule has 0 aromatic heterocycles. The number of nitrogens with zero attached hydrogens (tertiary/aromatic N) is 1. The monoisotopic (exact) mass is 270 g/mol. The maximum atomic E-state index is 3.58. The van der Waals surface area contributed by atoms with Crippen LogP contribution in [0.15, 0.2) is 24.3 Å². The predicted molar refractivity (Wildman–Crippen MR) is 82.8 cm³/mol. The highest BCUT2D eigenvalue weighted by atomic mass is 15.2. The third-order valence-electron chi connectivity index (χ3n) is 5.39. The number of rotatable bonds is 4. The summed E-state index contributed by atoms with van der Waals surface area (Å²) in [5, 5.41) is 3.58. The zero-order valence-corrected chi connectivity index (χ0v) is 12.4. The van der Waals surface area contributed by atoms with Crippen LogP contribution < -0.4 is 5.32 Å². The molecule has 3 aliphatic rings. The van der Waals surface area contributed by atoms with Crippen LogP contribution >= 0.6 is 0 Å². The molecule has 2 nitrogen and oxygen atoms in total. The minimum Gasteiger partial charge on any atom is -0.316 e. The average molecular weight is 270 g/mol.